The molecule has 1 atom stereocenters. The lowest BCUT2D eigenvalue weighted by Crippen LogP contribution is -2.29. The number of benzene rings is 2. The Balaban J connectivity index is 0.790. The Kier molecular flexibility index (Phi) is 12.3. The lowest BCUT2D eigenvalue weighted by Gasteiger charge is -2.13. The summed E-state index contributed by atoms with van der Waals surface area (Å²) in [6.07, 6.45) is 2.30. The number of thiophene rings is 1. The molecule has 0 bridgehead atoms. The van der Waals surface area contributed by atoms with Crippen molar-refractivity contribution in [1.29, 1.82) is 0 Å². The zero-order valence-electron chi connectivity index (χ0n) is 31.0. The van der Waals surface area contributed by atoms with Gasteiger partial charge in [-0.25, -0.2) is 4.98 Å². The number of rotatable bonds is 17. The predicted molar refractivity (Wildman–Crippen MR) is 214 cm³/mol. The summed E-state index contributed by atoms with van der Waals surface area (Å²) >= 11 is 7.89. The fourth-order valence-electron chi connectivity index (χ4n) is 6.54. The Labute approximate surface area is 328 Å². The number of hydrogen-bond acceptors (Lipinski definition) is 11. The van der Waals surface area contributed by atoms with Crippen molar-refractivity contribution in [3.63, 3.8) is 0 Å². The van der Waals surface area contributed by atoms with Crippen LogP contribution >= 0.6 is 22.9 Å². The fraction of sp³-hybridized carbons (Fsp3) is 0.350. The Morgan fingerprint density at radius 2 is 1.62 bits per heavy atom. The topological polar surface area (TPSA) is 154 Å². The highest BCUT2D eigenvalue weighted by atomic mass is 35.5. The van der Waals surface area contributed by atoms with Crippen molar-refractivity contribution in [2.75, 3.05) is 63.4 Å². The number of anilines is 2. The smallest absolute Gasteiger partial charge is 0.228 e. The first-order valence-corrected chi connectivity index (χ1v) is 19.4. The Hall–Kier alpha value is -4.99. The number of carbonyl (C=O) groups is 2. The number of nitrogens with zero attached hydrogens (tertiary/aromatic N) is 5. The molecule has 0 radical (unpaired) electrons. The van der Waals surface area contributed by atoms with E-state index in [1.54, 1.807) is 17.5 Å². The van der Waals surface area contributed by atoms with Gasteiger partial charge in [-0.1, -0.05) is 35.9 Å². The van der Waals surface area contributed by atoms with Crippen LogP contribution in [0.25, 0.3) is 16.1 Å². The molecule has 286 valence electrons. The molecule has 15 heteroatoms. The molecule has 0 aliphatic carbocycles. The van der Waals surface area contributed by atoms with E-state index in [0.717, 1.165) is 61.4 Å². The number of amides is 2. The maximum Gasteiger partial charge on any atom is 0.228 e. The molecule has 55 heavy (non-hydrogen) atoms. The van der Waals surface area contributed by atoms with Gasteiger partial charge in [0.1, 0.15) is 22.7 Å². The number of ether oxygens (including phenoxy) is 3. The molecule has 2 aromatic carbocycles. The largest absolute Gasteiger partial charge is 0.377 e. The number of aryl methyl sites for hydroxylation is 2. The molecule has 2 aliphatic rings. The maximum absolute atomic E-state index is 13.2. The lowest BCUT2D eigenvalue weighted by atomic mass is 9.99. The second kappa shape index (κ2) is 17.6. The summed E-state index contributed by atoms with van der Waals surface area (Å²) in [6.45, 7) is 9.63. The Morgan fingerprint density at radius 1 is 0.909 bits per heavy atom. The Bertz CT molecular complexity index is 2200. The van der Waals surface area contributed by atoms with Crippen LogP contribution in [-0.2, 0) is 30.2 Å². The van der Waals surface area contributed by atoms with Crippen LogP contribution in [0.5, 0.6) is 0 Å². The molecule has 3 aromatic heterocycles. The summed E-state index contributed by atoms with van der Waals surface area (Å²) in [5.74, 6) is 2.00. The van der Waals surface area contributed by atoms with Gasteiger partial charge in [-0.15, -0.1) is 21.5 Å². The average Bonchev–Trinajstić information content (AvgIpc) is 3.81. The molecule has 5 aromatic rings. The van der Waals surface area contributed by atoms with E-state index in [9.17, 15) is 9.59 Å². The van der Waals surface area contributed by atoms with Crippen molar-refractivity contribution in [2.45, 2.75) is 39.7 Å². The molecule has 5 heterocycles. The summed E-state index contributed by atoms with van der Waals surface area (Å²) in [6, 6.07) is 17.0. The zero-order chi connectivity index (χ0) is 38.3. The normalized spacial score (nSPS) is 14.4. The van der Waals surface area contributed by atoms with Gasteiger partial charge in [0.2, 0.25) is 11.8 Å². The van der Waals surface area contributed by atoms with E-state index in [0.29, 0.717) is 70.0 Å². The minimum absolute atomic E-state index is 0.0235. The minimum Gasteiger partial charge on any atom is -0.377 e. The number of pyridine rings is 1. The van der Waals surface area contributed by atoms with E-state index in [2.05, 4.69) is 45.0 Å². The summed E-state index contributed by atoms with van der Waals surface area (Å²) in [5.41, 5.74) is 7.82. The molecule has 13 nitrogen and oxygen atoms in total. The molecular weight excluding hydrogens is 740 g/mol. The molecule has 0 unspecified atom stereocenters. The van der Waals surface area contributed by atoms with Crippen LogP contribution in [0.1, 0.15) is 51.2 Å². The van der Waals surface area contributed by atoms with Crippen LogP contribution in [0, 0.1) is 20.8 Å². The second-order valence-corrected chi connectivity index (χ2v) is 14.9. The van der Waals surface area contributed by atoms with Gasteiger partial charge in [0.05, 0.1) is 58.2 Å². The van der Waals surface area contributed by atoms with Gasteiger partial charge < -0.3 is 30.2 Å². The van der Waals surface area contributed by atoms with Crippen molar-refractivity contribution < 1.29 is 23.8 Å². The molecule has 2 amide bonds. The minimum atomic E-state index is -0.533. The number of hydrogen-bond donors (Lipinski definition) is 3. The van der Waals surface area contributed by atoms with Crippen LogP contribution in [0.3, 0.4) is 0 Å². The van der Waals surface area contributed by atoms with Crippen molar-refractivity contribution >= 4 is 52.0 Å². The SMILES string of the molecule is Cc1sc2c(c1C)C(c1ccc(Cl)cc1)=N[C@@H](CC(=O)NCCOCCOCCOCCNc1cc(-c3ccc4c(c3)NC(=O)C4)ccn1)c1nnc(C)n1-2. The predicted octanol–water partition coefficient (Wildman–Crippen LogP) is 6.02. The fourth-order valence-corrected chi connectivity index (χ4v) is 7.88. The van der Waals surface area contributed by atoms with Crippen LogP contribution in [-0.4, -0.2) is 90.0 Å². The van der Waals surface area contributed by atoms with Gasteiger partial charge in [0.15, 0.2) is 5.82 Å². The van der Waals surface area contributed by atoms with Crippen molar-refractivity contribution in [3.8, 4) is 16.1 Å². The third kappa shape index (κ3) is 9.11. The van der Waals surface area contributed by atoms with Gasteiger partial charge in [0, 0.05) is 46.0 Å². The van der Waals surface area contributed by atoms with Gasteiger partial charge in [-0.3, -0.25) is 19.1 Å². The molecule has 3 N–H and O–H groups in total. The van der Waals surface area contributed by atoms with E-state index in [4.69, 9.17) is 30.8 Å². The third-order valence-corrected chi connectivity index (χ3v) is 10.9. The first kappa shape index (κ1) is 38.3. The zero-order valence-corrected chi connectivity index (χ0v) is 32.6. The number of aliphatic imine (C=N–C) groups is 1. The Morgan fingerprint density at radius 3 is 2.40 bits per heavy atom. The third-order valence-electron chi connectivity index (χ3n) is 9.43. The molecule has 2 aliphatic heterocycles. The monoisotopic (exact) mass is 782 g/mol. The van der Waals surface area contributed by atoms with E-state index in [1.807, 2.05) is 66.1 Å². The molecule has 0 fully saturated rings. The highest BCUT2D eigenvalue weighted by molar-refractivity contribution is 7.15. The van der Waals surface area contributed by atoms with Gasteiger partial charge >= 0.3 is 0 Å². The molecule has 7 rings (SSSR count). The number of aromatic nitrogens is 4. The van der Waals surface area contributed by atoms with Gasteiger partial charge in [-0.05, 0) is 73.4 Å². The van der Waals surface area contributed by atoms with Crippen molar-refractivity contribution in [1.82, 2.24) is 25.1 Å². The molecule has 0 saturated carbocycles. The highest BCUT2D eigenvalue weighted by Crippen LogP contribution is 2.39. The lowest BCUT2D eigenvalue weighted by molar-refractivity contribution is -0.121. The van der Waals surface area contributed by atoms with Crippen LogP contribution in [0.4, 0.5) is 11.5 Å². The van der Waals surface area contributed by atoms with Gasteiger partial charge in [-0.2, -0.15) is 0 Å². The van der Waals surface area contributed by atoms with Crippen LogP contribution < -0.4 is 16.0 Å². The second-order valence-electron chi connectivity index (χ2n) is 13.2. The van der Waals surface area contributed by atoms with Crippen molar-refractivity contribution in [3.05, 3.63) is 105 Å². The van der Waals surface area contributed by atoms with Crippen LogP contribution in [0.2, 0.25) is 5.02 Å². The van der Waals surface area contributed by atoms with E-state index in [-0.39, 0.29) is 18.2 Å². The summed E-state index contributed by atoms with van der Waals surface area (Å²) in [4.78, 5) is 35.6. The van der Waals surface area contributed by atoms with E-state index >= 15 is 0 Å². The number of fused-ring (bicyclic) bond motifs is 4. The number of nitrogens with one attached hydrogen (secondary N) is 3. The standard InChI is InChI=1S/C40H43ClN8O5S/c1-24-25(2)55-40-37(24)38(27-6-8-31(41)9-7-27)46-33(39-48-47-26(3)49(39)40)23-35(50)44-13-15-53-17-19-54-18-16-52-14-12-43-34-21-29(10-11-42-34)28-4-5-30-22-36(51)45-32(30)20-28/h4-11,20-21,33H,12-19,22-23H2,1-3H3,(H,42,43)(H,44,50)(H,45,51)/t33-/m0/s1. The quantitative estimate of drug-likeness (QED) is 0.0961. The van der Waals surface area contributed by atoms with Gasteiger partial charge in [0.25, 0.3) is 0 Å². The van der Waals surface area contributed by atoms with E-state index < -0.39 is 6.04 Å². The maximum atomic E-state index is 13.2. The number of carbonyl (C=O) groups excluding carboxylic acids is 2. The molecule has 0 saturated heterocycles. The summed E-state index contributed by atoms with van der Waals surface area (Å²) in [5, 5.41) is 19.6. The van der Waals surface area contributed by atoms with E-state index in [1.165, 1.54) is 4.88 Å². The average molecular weight is 783 g/mol. The van der Waals surface area contributed by atoms with Crippen LogP contribution in [0.15, 0.2) is 65.8 Å². The highest BCUT2D eigenvalue weighted by Gasteiger charge is 2.32. The molecule has 0 spiro atoms. The first-order chi connectivity index (χ1) is 26.7. The van der Waals surface area contributed by atoms with Crippen molar-refractivity contribution in [2.24, 2.45) is 4.99 Å². The summed E-state index contributed by atoms with van der Waals surface area (Å²) < 4.78 is 19.0. The first-order valence-electron chi connectivity index (χ1n) is 18.2. The molecular formula is C40H43ClN8O5S. The summed E-state index contributed by atoms with van der Waals surface area (Å²) in [7, 11) is 0. The number of halogens is 1.